The van der Waals surface area contributed by atoms with Gasteiger partial charge in [0.15, 0.2) is 0 Å². The molecule has 0 aromatic carbocycles. The SMILES string of the molecule is CNCc1ccnc(C2CC3CCC2C3)n1. The van der Waals surface area contributed by atoms with Crippen molar-refractivity contribution in [2.75, 3.05) is 7.05 Å². The van der Waals surface area contributed by atoms with Gasteiger partial charge in [0.1, 0.15) is 5.82 Å². The minimum Gasteiger partial charge on any atom is -0.314 e. The highest BCUT2D eigenvalue weighted by Crippen LogP contribution is 2.51. The van der Waals surface area contributed by atoms with Gasteiger partial charge in [-0.2, -0.15) is 0 Å². The van der Waals surface area contributed by atoms with Crippen LogP contribution in [0.1, 0.15) is 43.1 Å². The number of rotatable bonds is 3. The number of nitrogens with one attached hydrogen (secondary N) is 1. The van der Waals surface area contributed by atoms with Crippen LogP contribution in [-0.2, 0) is 6.54 Å². The molecule has 3 unspecified atom stereocenters. The van der Waals surface area contributed by atoms with Crippen LogP contribution in [0.5, 0.6) is 0 Å². The minimum absolute atomic E-state index is 0.649. The molecule has 3 heteroatoms. The van der Waals surface area contributed by atoms with Gasteiger partial charge < -0.3 is 5.32 Å². The molecule has 0 aliphatic heterocycles. The van der Waals surface area contributed by atoms with Crippen molar-refractivity contribution in [2.45, 2.75) is 38.1 Å². The van der Waals surface area contributed by atoms with Crippen LogP contribution < -0.4 is 5.32 Å². The zero-order chi connectivity index (χ0) is 11.0. The maximum Gasteiger partial charge on any atom is 0.131 e. The third-order valence-corrected chi connectivity index (χ3v) is 4.16. The molecular weight excluding hydrogens is 198 g/mol. The fraction of sp³-hybridized carbons (Fsp3) is 0.692. The standard InChI is InChI=1S/C13H19N3/c1-14-8-11-4-5-15-13(16-11)12-7-9-2-3-10(12)6-9/h4-5,9-10,12,14H,2-3,6-8H2,1H3. The van der Waals surface area contributed by atoms with E-state index in [1.807, 2.05) is 19.3 Å². The van der Waals surface area contributed by atoms with Crippen LogP contribution >= 0.6 is 0 Å². The van der Waals surface area contributed by atoms with Crippen LogP contribution in [0.15, 0.2) is 12.3 Å². The first-order valence-corrected chi connectivity index (χ1v) is 6.33. The summed E-state index contributed by atoms with van der Waals surface area (Å²) in [6.07, 6.45) is 7.51. The minimum atomic E-state index is 0.649. The monoisotopic (exact) mass is 217 g/mol. The second kappa shape index (κ2) is 4.13. The molecule has 2 aliphatic rings. The summed E-state index contributed by atoms with van der Waals surface area (Å²) in [5.41, 5.74) is 1.12. The van der Waals surface area contributed by atoms with Gasteiger partial charge in [0.2, 0.25) is 0 Å². The Morgan fingerprint density at radius 3 is 3.00 bits per heavy atom. The summed E-state index contributed by atoms with van der Waals surface area (Å²) < 4.78 is 0. The zero-order valence-electron chi connectivity index (χ0n) is 9.82. The lowest BCUT2D eigenvalue weighted by Crippen LogP contribution is -2.14. The molecule has 2 bridgehead atoms. The topological polar surface area (TPSA) is 37.8 Å². The van der Waals surface area contributed by atoms with E-state index in [4.69, 9.17) is 0 Å². The molecule has 2 fully saturated rings. The van der Waals surface area contributed by atoms with Crippen molar-refractivity contribution < 1.29 is 0 Å². The number of fused-ring (bicyclic) bond motifs is 2. The molecule has 1 aromatic heterocycles. The van der Waals surface area contributed by atoms with Crippen molar-refractivity contribution in [3.05, 3.63) is 23.8 Å². The van der Waals surface area contributed by atoms with Gasteiger partial charge in [-0.05, 0) is 44.2 Å². The Morgan fingerprint density at radius 1 is 1.38 bits per heavy atom. The summed E-state index contributed by atoms with van der Waals surface area (Å²) >= 11 is 0. The predicted molar refractivity (Wildman–Crippen MR) is 63.0 cm³/mol. The summed E-state index contributed by atoms with van der Waals surface area (Å²) in [5, 5.41) is 3.15. The molecule has 2 aliphatic carbocycles. The van der Waals surface area contributed by atoms with Gasteiger partial charge in [0.25, 0.3) is 0 Å². The zero-order valence-corrected chi connectivity index (χ0v) is 9.82. The maximum absolute atomic E-state index is 4.69. The average Bonchev–Trinajstić information content (AvgIpc) is 2.91. The Morgan fingerprint density at radius 2 is 2.31 bits per heavy atom. The lowest BCUT2D eigenvalue weighted by atomic mass is 9.88. The molecule has 1 heterocycles. The highest BCUT2D eigenvalue weighted by molar-refractivity contribution is 5.10. The van der Waals surface area contributed by atoms with E-state index in [2.05, 4.69) is 15.3 Å². The van der Waals surface area contributed by atoms with E-state index in [1.54, 1.807) is 0 Å². The van der Waals surface area contributed by atoms with Gasteiger partial charge in [-0.25, -0.2) is 9.97 Å². The molecule has 3 nitrogen and oxygen atoms in total. The van der Waals surface area contributed by atoms with E-state index >= 15 is 0 Å². The van der Waals surface area contributed by atoms with Gasteiger partial charge >= 0.3 is 0 Å². The Balaban J connectivity index is 1.81. The van der Waals surface area contributed by atoms with Gasteiger partial charge in [-0.1, -0.05) is 6.42 Å². The fourth-order valence-electron chi connectivity index (χ4n) is 3.43. The fourth-order valence-corrected chi connectivity index (χ4v) is 3.43. The molecule has 16 heavy (non-hydrogen) atoms. The van der Waals surface area contributed by atoms with Crippen molar-refractivity contribution in [3.8, 4) is 0 Å². The summed E-state index contributed by atoms with van der Waals surface area (Å²) in [5.74, 6) is 3.58. The number of hydrogen-bond acceptors (Lipinski definition) is 3. The molecule has 1 N–H and O–H groups in total. The second-order valence-electron chi connectivity index (χ2n) is 5.22. The normalized spacial score (nSPS) is 32.2. The first-order valence-electron chi connectivity index (χ1n) is 6.33. The Hall–Kier alpha value is -0.960. The summed E-state index contributed by atoms with van der Waals surface area (Å²) in [4.78, 5) is 9.17. The quantitative estimate of drug-likeness (QED) is 0.842. The molecule has 0 spiro atoms. The van der Waals surface area contributed by atoms with Crippen LogP contribution in [0.25, 0.3) is 0 Å². The largest absolute Gasteiger partial charge is 0.314 e. The molecule has 1 aromatic rings. The molecule has 0 saturated heterocycles. The van der Waals surface area contributed by atoms with E-state index in [9.17, 15) is 0 Å². The molecule has 3 atom stereocenters. The lowest BCUT2D eigenvalue weighted by molar-refractivity contribution is 0.404. The molecule has 2 saturated carbocycles. The van der Waals surface area contributed by atoms with Crippen molar-refractivity contribution in [3.63, 3.8) is 0 Å². The van der Waals surface area contributed by atoms with Gasteiger partial charge in [0, 0.05) is 18.7 Å². The van der Waals surface area contributed by atoms with Gasteiger partial charge in [0.05, 0.1) is 5.69 Å². The summed E-state index contributed by atoms with van der Waals surface area (Å²) in [7, 11) is 1.96. The highest BCUT2D eigenvalue weighted by Gasteiger charge is 2.41. The van der Waals surface area contributed by atoms with Crippen LogP contribution in [0.4, 0.5) is 0 Å². The van der Waals surface area contributed by atoms with Crippen LogP contribution in [0.3, 0.4) is 0 Å². The van der Waals surface area contributed by atoms with E-state index in [-0.39, 0.29) is 0 Å². The van der Waals surface area contributed by atoms with E-state index < -0.39 is 0 Å². The molecule has 0 radical (unpaired) electrons. The van der Waals surface area contributed by atoms with Crippen LogP contribution in [0.2, 0.25) is 0 Å². The highest BCUT2D eigenvalue weighted by atomic mass is 14.9. The van der Waals surface area contributed by atoms with Gasteiger partial charge in [-0.15, -0.1) is 0 Å². The third kappa shape index (κ3) is 1.73. The smallest absolute Gasteiger partial charge is 0.131 e. The van der Waals surface area contributed by atoms with Gasteiger partial charge in [-0.3, -0.25) is 0 Å². The number of nitrogens with zero attached hydrogens (tertiary/aromatic N) is 2. The van der Waals surface area contributed by atoms with E-state index in [0.717, 1.165) is 29.9 Å². The van der Waals surface area contributed by atoms with Crippen LogP contribution in [-0.4, -0.2) is 17.0 Å². The van der Waals surface area contributed by atoms with Crippen molar-refractivity contribution in [1.82, 2.24) is 15.3 Å². The summed E-state index contributed by atoms with van der Waals surface area (Å²) in [6, 6.07) is 2.01. The molecule has 86 valence electrons. The van der Waals surface area contributed by atoms with E-state index in [1.165, 1.54) is 25.7 Å². The molecule has 3 rings (SSSR count). The van der Waals surface area contributed by atoms with E-state index in [0.29, 0.717) is 5.92 Å². The predicted octanol–water partition coefficient (Wildman–Crippen LogP) is 2.10. The van der Waals surface area contributed by atoms with Crippen molar-refractivity contribution in [1.29, 1.82) is 0 Å². The lowest BCUT2D eigenvalue weighted by Gasteiger charge is -2.20. The Labute approximate surface area is 96.7 Å². The van der Waals surface area contributed by atoms with Crippen molar-refractivity contribution >= 4 is 0 Å². The Kier molecular flexibility index (Phi) is 2.64. The first-order chi connectivity index (χ1) is 7.86. The molecular formula is C13H19N3. The van der Waals surface area contributed by atoms with Crippen molar-refractivity contribution in [2.24, 2.45) is 11.8 Å². The van der Waals surface area contributed by atoms with Crippen LogP contribution in [0, 0.1) is 11.8 Å². The number of aromatic nitrogens is 2. The maximum atomic E-state index is 4.69. The third-order valence-electron chi connectivity index (χ3n) is 4.16. The first kappa shape index (κ1) is 10.2. The second-order valence-corrected chi connectivity index (χ2v) is 5.22. The number of hydrogen-bond donors (Lipinski definition) is 1. The Bertz CT molecular complexity index is 377. The molecule has 0 amide bonds. The average molecular weight is 217 g/mol. The summed E-state index contributed by atoms with van der Waals surface area (Å²) in [6.45, 7) is 0.844.